The molecule has 2 aromatic rings. The molecule has 1 aromatic heterocycles. The second-order valence-corrected chi connectivity index (χ2v) is 7.53. The summed E-state index contributed by atoms with van der Waals surface area (Å²) in [6, 6.07) is 8.58. The molecule has 9 heteroatoms. The van der Waals surface area contributed by atoms with E-state index >= 15 is 0 Å². The average Bonchev–Trinajstić information content (AvgIpc) is 2.46. The number of hydrogen-bond donors (Lipinski definition) is 2. The SMILES string of the molecule is NS(=O)(=O)c1ccc(CNS(=O)(=O)c2cccnc2)cc1. The monoisotopic (exact) mass is 327 g/mol. The van der Waals surface area contributed by atoms with Crippen LogP contribution < -0.4 is 9.86 Å². The van der Waals surface area contributed by atoms with E-state index in [1.165, 1.54) is 48.8 Å². The first-order chi connectivity index (χ1) is 9.79. The van der Waals surface area contributed by atoms with Gasteiger partial charge in [0.1, 0.15) is 4.90 Å². The molecule has 0 aliphatic carbocycles. The number of benzene rings is 1. The van der Waals surface area contributed by atoms with Crippen molar-refractivity contribution in [3.8, 4) is 0 Å². The van der Waals surface area contributed by atoms with Crippen molar-refractivity contribution in [1.82, 2.24) is 9.71 Å². The standard InChI is InChI=1S/C12H13N3O4S2/c13-20(16,17)11-5-3-10(4-6-11)8-15-21(18,19)12-2-1-7-14-9-12/h1-7,9,15H,8H2,(H2,13,16,17). The first-order valence-electron chi connectivity index (χ1n) is 5.80. The van der Waals surface area contributed by atoms with Crippen LogP contribution >= 0.6 is 0 Å². The Morgan fingerprint density at radius 2 is 1.67 bits per heavy atom. The van der Waals surface area contributed by atoms with Crippen molar-refractivity contribution in [2.45, 2.75) is 16.3 Å². The average molecular weight is 327 g/mol. The molecule has 0 aliphatic rings. The molecule has 0 amide bonds. The fourth-order valence-corrected chi connectivity index (χ4v) is 3.06. The van der Waals surface area contributed by atoms with Crippen LogP contribution in [0.2, 0.25) is 0 Å². The predicted molar refractivity (Wildman–Crippen MR) is 76.1 cm³/mol. The highest BCUT2D eigenvalue weighted by atomic mass is 32.2. The van der Waals surface area contributed by atoms with Gasteiger partial charge in [-0.15, -0.1) is 0 Å². The maximum Gasteiger partial charge on any atom is 0.242 e. The minimum absolute atomic E-state index is 0.0265. The Hall–Kier alpha value is -1.81. The summed E-state index contributed by atoms with van der Waals surface area (Å²) in [7, 11) is -7.41. The van der Waals surface area contributed by atoms with E-state index in [0.29, 0.717) is 5.56 Å². The maximum atomic E-state index is 12.0. The first-order valence-corrected chi connectivity index (χ1v) is 8.83. The number of sulfonamides is 2. The molecule has 7 nitrogen and oxygen atoms in total. The summed E-state index contributed by atoms with van der Waals surface area (Å²) in [5.74, 6) is 0. The fourth-order valence-electron chi connectivity index (χ4n) is 1.56. The van der Waals surface area contributed by atoms with Crippen molar-refractivity contribution in [1.29, 1.82) is 0 Å². The lowest BCUT2D eigenvalue weighted by Gasteiger charge is -2.07. The number of pyridine rings is 1. The molecule has 0 bridgehead atoms. The van der Waals surface area contributed by atoms with Crippen LogP contribution in [0.1, 0.15) is 5.56 Å². The third-order valence-corrected chi connectivity index (χ3v) is 4.98. The molecule has 2 rings (SSSR count). The van der Waals surface area contributed by atoms with E-state index in [0.717, 1.165) is 0 Å². The molecule has 112 valence electrons. The van der Waals surface area contributed by atoms with Crippen molar-refractivity contribution in [3.05, 3.63) is 54.4 Å². The van der Waals surface area contributed by atoms with Crippen molar-refractivity contribution < 1.29 is 16.8 Å². The van der Waals surface area contributed by atoms with Crippen LogP contribution in [0.25, 0.3) is 0 Å². The van der Waals surface area contributed by atoms with E-state index in [-0.39, 0.29) is 16.3 Å². The zero-order valence-corrected chi connectivity index (χ0v) is 12.4. The van der Waals surface area contributed by atoms with Crippen molar-refractivity contribution in [3.63, 3.8) is 0 Å². The summed E-state index contributed by atoms with van der Waals surface area (Å²) in [5.41, 5.74) is 0.606. The Morgan fingerprint density at radius 1 is 1.00 bits per heavy atom. The van der Waals surface area contributed by atoms with Crippen LogP contribution in [0, 0.1) is 0 Å². The second kappa shape index (κ2) is 5.90. The second-order valence-electron chi connectivity index (χ2n) is 4.20. The molecule has 3 N–H and O–H groups in total. The summed E-state index contributed by atoms with van der Waals surface area (Å²) in [6.07, 6.45) is 2.72. The van der Waals surface area contributed by atoms with Gasteiger partial charge in [-0.1, -0.05) is 12.1 Å². The van der Waals surface area contributed by atoms with Gasteiger partial charge in [-0.25, -0.2) is 26.7 Å². The highest BCUT2D eigenvalue weighted by molar-refractivity contribution is 7.89. The molecule has 0 unspecified atom stereocenters. The van der Waals surface area contributed by atoms with E-state index in [4.69, 9.17) is 5.14 Å². The molecule has 0 saturated heterocycles. The topological polar surface area (TPSA) is 119 Å². The number of nitrogens with two attached hydrogens (primary N) is 1. The summed E-state index contributed by atoms with van der Waals surface area (Å²) in [4.78, 5) is 3.78. The molecule has 0 fully saturated rings. The Balaban J connectivity index is 2.10. The van der Waals surface area contributed by atoms with Crippen LogP contribution in [0.5, 0.6) is 0 Å². The van der Waals surface area contributed by atoms with Crippen LogP contribution in [-0.2, 0) is 26.6 Å². The maximum absolute atomic E-state index is 12.0. The number of hydrogen-bond acceptors (Lipinski definition) is 5. The number of aromatic nitrogens is 1. The first kappa shape index (κ1) is 15.6. The van der Waals surface area contributed by atoms with Crippen LogP contribution in [-0.4, -0.2) is 21.8 Å². The van der Waals surface area contributed by atoms with Gasteiger partial charge in [0.2, 0.25) is 20.0 Å². The molecular weight excluding hydrogens is 314 g/mol. The van der Waals surface area contributed by atoms with E-state index in [2.05, 4.69) is 9.71 Å². The summed E-state index contributed by atoms with van der Waals surface area (Å²) in [6.45, 7) is 0.0299. The lowest BCUT2D eigenvalue weighted by atomic mass is 10.2. The quantitative estimate of drug-likeness (QED) is 0.813. The molecule has 0 radical (unpaired) electrons. The van der Waals surface area contributed by atoms with Gasteiger partial charge in [-0.05, 0) is 29.8 Å². The number of rotatable bonds is 5. The third-order valence-electron chi connectivity index (χ3n) is 2.66. The highest BCUT2D eigenvalue weighted by Gasteiger charge is 2.13. The van der Waals surface area contributed by atoms with E-state index in [9.17, 15) is 16.8 Å². The van der Waals surface area contributed by atoms with Crippen LogP contribution in [0.3, 0.4) is 0 Å². The van der Waals surface area contributed by atoms with Crippen LogP contribution in [0.4, 0.5) is 0 Å². The third kappa shape index (κ3) is 4.08. The Labute approximate surface area is 122 Å². The van der Waals surface area contributed by atoms with Gasteiger partial charge in [-0.3, -0.25) is 4.98 Å². The highest BCUT2D eigenvalue weighted by Crippen LogP contribution is 2.10. The molecule has 1 heterocycles. The minimum atomic E-state index is -3.75. The van der Waals surface area contributed by atoms with Crippen LogP contribution in [0.15, 0.2) is 58.6 Å². The van der Waals surface area contributed by atoms with E-state index in [1.807, 2.05) is 0 Å². The molecular formula is C12H13N3O4S2. The Morgan fingerprint density at radius 3 is 2.19 bits per heavy atom. The van der Waals surface area contributed by atoms with Crippen molar-refractivity contribution in [2.24, 2.45) is 5.14 Å². The summed E-state index contributed by atoms with van der Waals surface area (Å²) >= 11 is 0. The largest absolute Gasteiger partial charge is 0.263 e. The van der Waals surface area contributed by atoms with E-state index in [1.54, 1.807) is 0 Å². The lowest BCUT2D eigenvalue weighted by Crippen LogP contribution is -2.23. The van der Waals surface area contributed by atoms with Crippen molar-refractivity contribution in [2.75, 3.05) is 0 Å². The minimum Gasteiger partial charge on any atom is -0.263 e. The van der Waals surface area contributed by atoms with Gasteiger partial charge in [0, 0.05) is 18.9 Å². The molecule has 1 aromatic carbocycles. The summed E-state index contributed by atoms with van der Waals surface area (Å²) < 4.78 is 48.5. The van der Waals surface area contributed by atoms with Gasteiger partial charge in [-0.2, -0.15) is 0 Å². The molecule has 0 atom stereocenters. The number of nitrogens with one attached hydrogen (secondary N) is 1. The predicted octanol–water partition coefficient (Wildman–Crippen LogP) is 0.207. The molecule has 21 heavy (non-hydrogen) atoms. The van der Waals surface area contributed by atoms with Gasteiger partial charge in [0.05, 0.1) is 4.90 Å². The van der Waals surface area contributed by atoms with Gasteiger partial charge < -0.3 is 0 Å². The zero-order chi connectivity index (χ0) is 15.5. The smallest absolute Gasteiger partial charge is 0.242 e. The number of nitrogens with zero attached hydrogens (tertiary/aromatic N) is 1. The lowest BCUT2D eigenvalue weighted by molar-refractivity contribution is 0.580. The molecule has 0 spiro atoms. The van der Waals surface area contributed by atoms with Gasteiger partial charge >= 0.3 is 0 Å². The van der Waals surface area contributed by atoms with Crippen molar-refractivity contribution >= 4 is 20.0 Å². The Bertz CT molecular complexity index is 817. The van der Waals surface area contributed by atoms with Gasteiger partial charge in [0.25, 0.3) is 0 Å². The van der Waals surface area contributed by atoms with Gasteiger partial charge in [0.15, 0.2) is 0 Å². The zero-order valence-electron chi connectivity index (χ0n) is 10.8. The molecule has 0 aliphatic heterocycles. The fraction of sp³-hybridized carbons (Fsp3) is 0.0833. The molecule has 0 saturated carbocycles. The Kier molecular flexibility index (Phi) is 4.37. The summed E-state index contributed by atoms with van der Waals surface area (Å²) in [5, 5.41) is 4.98. The normalized spacial score (nSPS) is 12.2. The number of primary sulfonamides is 1. The van der Waals surface area contributed by atoms with E-state index < -0.39 is 20.0 Å².